The molecule has 0 aliphatic heterocycles. The van der Waals surface area contributed by atoms with Crippen LogP contribution in [0.3, 0.4) is 0 Å². The fourth-order valence-corrected chi connectivity index (χ4v) is 7.31. The van der Waals surface area contributed by atoms with Gasteiger partial charge in [0.2, 0.25) is 0 Å². The Kier molecular flexibility index (Phi) is 6.68. The predicted octanol–water partition coefficient (Wildman–Crippen LogP) is 11.6. The molecule has 3 heterocycles. The number of hydrogen-bond donors (Lipinski definition) is 0. The number of rotatable bonds is 4. The first-order chi connectivity index (χ1) is 23.3. The van der Waals surface area contributed by atoms with Crippen molar-refractivity contribution in [2.45, 2.75) is 19.3 Å². The molecule has 4 aromatic carbocycles. The molecule has 9 rings (SSSR count). The van der Waals surface area contributed by atoms with E-state index in [1.807, 2.05) is 0 Å². The summed E-state index contributed by atoms with van der Waals surface area (Å²) in [5.41, 5.74) is 10.6. The smallest absolute Gasteiger partial charge is 0.138 e. The lowest BCUT2D eigenvalue weighted by Gasteiger charge is -2.13. The Morgan fingerprint density at radius 3 is 2.19 bits per heavy atom. The van der Waals surface area contributed by atoms with Gasteiger partial charge in [-0.3, -0.25) is 4.57 Å². The third-order valence-corrected chi connectivity index (χ3v) is 9.41. The lowest BCUT2D eigenvalue weighted by molar-refractivity contribution is 1.08. The van der Waals surface area contributed by atoms with E-state index in [0.29, 0.717) is 0 Å². The summed E-state index contributed by atoms with van der Waals surface area (Å²) >= 11 is 0. The van der Waals surface area contributed by atoms with E-state index in [1.54, 1.807) is 0 Å². The normalized spacial score (nSPS) is 17.4. The molecule has 224 valence electrons. The molecule has 0 spiro atoms. The van der Waals surface area contributed by atoms with E-state index < -0.39 is 0 Å². The van der Waals surface area contributed by atoms with Crippen LogP contribution in [0.2, 0.25) is 0 Å². The first-order valence-electron chi connectivity index (χ1n) is 16.4. The van der Waals surface area contributed by atoms with Crippen LogP contribution in [-0.2, 0) is 0 Å². The first-order valence-corrected chi connectivity index (χ1v) is 16.4. The van der Waals surface area contributed by atoms with Crippen LogP contribution in [0.1, 0.15) is 24.8 Å². The minimum Gasteiger partial charge on any atom is -0.312 e. The van der Waals surface area contributed by atoms with Crippen molar-refractivity contribution in [1.29, 1.82) is 0 Å². The molecule has 0 amide bonds. The third-order valence-electron chi connectivity index (χ3n) is 9.41. The number of benzene rings is 4. The largest absolute Gasteiger partial charge is 0.312 e. The molecule has 0 atom stereocenters. The summed E-state index contributed by atoms with van der Waals surface area (Å²) in [6.45, 7) is 0. The molecule has 47 heavy (non-hydrogen) atoms. The summed E-state index contributed by atoms with van der Waals surface area (Å²) in [6.07, 6.45) is 24.8. The number of nitrogens with zero attached hydrogens (tertiary/aromatic N) is 3. The molecular formula is C44H33N3. The van der Waals surface area contributed by atoms with Gasteiger partial charge < -0.3 is 4.57 Å². The van der Waals surface area contributed by atoms with Gasteiger partial charge in [-0.1, -0.05) is 127 Å². The van der Waals surface area contributed by atoms with Crippen LogP contribution in [0.15, 0.2) is 164 Å². The monoisotopic (exact) mass is 603 g/mol. The molecule has 0 bridgehead atoms. The summed E-state index contributed by atoms with van der Waals surface area (Å²) in [6, 6.07) is 37.3. The second kappa shape index (κ2) is 11.5. The molecule has 3 nitrogen and oxygen atoms in total. The van der Waals surface area contributed by atoms with Crippen molar-refractivity contribution < 1.29 is 0 Å². The van der Waals surface area contributed by atoms with Gasteiger partial charge >= 0.3 is 0 Å². The topological polar surface area (TPSA) is 22.8 Å². The Labute approximate surface area is 274 Å². The van der Waals surface area contributed by atoms with Crippen molar-refractivity contribution in [2.24, 2.45) is 0 Å². The highest BCUT2D eigenvalue weighted by Crippen LogP contribution is 2.42. The standard InChI is InChI=1S/C44H33N3/c1-2-8-20-34(21-9-3-1)46-39-25-12-10-22-35(39)36-28-29-41-43(44(36)46)37-23-11-13-26-40(37)47(41)42-27-15-24-38(45-42)33-19-14-18-32(30-33)31-16-6-4-5-7-17-31/h1-6,8,10-19,21-30H,7,9,20H2/b3-1-,8-2-,34-21+. The Morgan fingerprint density at radius 2 is 1.28 bits per heavy atom. The summed E-state index contributed by atoms with van der Waals surface area (Å²) in [5, 5.41) is 5.04. The highest BCUT2D eigenvalue weighted by Gasteiger charge is 2.21. The van der Waals surface area contributed by atoms with E-state index >= 15 is 0 Å². The highest BCUT2D eigenvalue weighted by molar-refractivity contribution is 6.26. The van der Waals surface area contributed by atoms with E-state index in [1.165, 1.54) is 49.4 Å². The van der Waals surface area contributed by atoms with Crippen molar-refractivity contribution in [3.8, 4) is 17.1 Å². The Morgan fingerprint density at radius 1 is 0.532 bits per heavy atom. The second-order valence-corrected chi connectivity index (χ2v) is 12.2. The van der Waals surface area contributed by atoms with Gasteiger partial charge in [-0.25, -0.2) is 4.98 Å². The molecule has 2 aliphatic carbocycles. The summed E-state index contributed by atoms with van der Waals surface area (Å²) in [5.74, 6) is 0.914. The van der Waals surface area contributed by atoms with E-state index in [4.69, 9.17) is 4.98 Å². The maximum absolute atomic E-state index is 5.33. The van der Waals surface area contributed by atoms with Crippen molar-refractivity contribution >= 4 is 54.9 Å². The number of hydrogen-bond acceptors (Lipinski definition) is 1. The maximum atomic E-state index is 5.33. The van der Waals surface area contributed by atoms with Gasteiger partial charge in [0.25, 0.3) is 0 Å². The summed E-state index contributed by atoms with van der Waals surface area (Å²) in [4.78, 5) is 5.33. The average molecular weight is 604 g/mol. The fourth-order valence-electron chi connectivity index (χ4n) is 7.31. The lowest BCUT2D eigenvalue weighted by Crippen LogP contribution is -1.99. The SMILES string of the molecule is C1=CCC=C(c2cccc(-c3cccc(-n4c5ccccc5c5c6c(ccc54)c4ccccc4n6/C4=C/C/C=C\C=C/C4)n3)c2)C=C1. The van der Waals surface area contributed by atoms with Gasteiger partial charge in [0.15, 0.2) is 0 Å². The molecule has 0 radical (unpaired) electrons. The number of allylic oxidation sites excluding steroid dienone is 12. The van der Waals surface area contributed by atoms with E-state index in [-0.39, 0.29) is 0 Å². The molecule has 0 N–H and O–H groups in total. The van der Waals surface area contributed by atoms with Crippen LogP contribution in [-0.4, -0.2) is 14.1 Å². The van der Waals surface area contributed by atoms with Gasteiger partial charge in [-0.2, -0.15) is 0 Å². The van der Waals surface area contributed by atoms with E-state index in [2.05, 4.69) is 173 Å². The average Bonchev–Trinajstić information content (AvgIpc) is 3.46. The van der Waals surface area contributed by atoms with Gasteiger partial charge in [-0.15, -0.1) is 0 Å². The molecule has 3 aromatic heterocycles. The van der Waals surface area contributed by atoms with Crippen LogP contribution in [0.25, 0.3) is 72.0 Å². The molecule has 0 fully saturated rings. The minimum absolute atomic E-state index is 0.874. The van der Waals surface area contributed by atoms with Crippen molar-refractivity contribution in [3.05, 3.63) is 169 Å². The van der Waals surface area contributed by atoms with Crippen molar-refractivity contribution in [2.75, 3.05) is 0 Å². The van der Waals surface area contributed by atoms with Crippen molar-refractivity contribution in [1.82, 2.24) is 14.1 Å². The summed E-state index contributed by atoms with van der Waals surface area (Å²) < 4.78 is 4.85. The van der Waals surface area contributed by atoms with Crippen LogP contribution in [0.4, 0.5) is 0 Å². The van der Waals surface area contributed by atoms with E-state index in [0.717, 1.165) is 47.4 Å². The molecular weight excluding hydrogens is 571 g/mol. The van der Waals surface area contributed by atoms with Crippen LogP contribution in [0, 0.1) is 0 Å². The Bertz CT molecular complexity index is 2540. The van der Waals surface area contributed by atoms with Crippen molar-refractivity contribution in [3.63, 3.8) is 0 Å². The number of fused-ring (bicyclic) bond motifs is 7. The van der Waals surface area contributed by atoms with Crippen LogP contribution < -0.4 is 0 Å². The van der Waals surface area contributed by atoms with Crippen LogP contribution >= 0.6 is 0 Å². The zero-order chi connectivity index (χ0) is 31.2. The number of pyridine rings is 1. The Balaban J connectivity index is 1.28. The van der Waals surface area contributed by atoms with Gasteiger partial charge in [0.05, 0.1) is 27.8 Å². The zero-order valence-electron chi connectivity index (χ0n) is 26.1. The molecule has 3 heteroatoms. The summed E-state index contributed by atoms with van der Waals surface area (Å²) in [7, 11) is 0. The van der Waals surface area contributed by atoms with Gasteiger partial charge in [-0.05, 0) is 60.4 Å². The third kappa shape index (κ3) is 4.62. The second-order valence-electron chi connectivity index (χ2n) is 12.2. The van der Waals surface area contributed by atoms with E-state index in [9.17, 15) is 0 Å². The lowest BCUT2D eigenvalue weighted by atomic mass is 10.0. The molecule has 2 aliphatic rings. The molecule has 0 saturated heterocycles. The molecule has 7 aromatic rings. The molecule has 0 saturated carbocycles. The maximum Gasteiger partial charge on any atom is 0.138 e. The van der Waals surface area contributed by atoms with Gasteiger partial charge in [0.1, 0.15) is 5.82 Å². The Hall–Kier alpha value is -5.93. The predicted molar refractivity (Wildman–Crippen MR) is 200 cm³/mol. The zero-order valence-corrected chi connectivity index (χ0v) is 26.1. The van der Waals surface area contributed by atoms with Gasteiger partial charge in [0, 0.05) is 39.2 Å². The molecule has 0 unspecified atom stereocenters. The highest BCUT2D eigenvalue weighted by atomic mass is 15.1. The van der Waals surface area contributed by atoms with Crippen LogP contribution in [0.5, 0.6) is 0 Å². The fraction of sp³-hybridized carbons (Fsp3) is 0.0682. The minimum atomic E-state index is 0.874. The number of para-hydroxylation sites is 2. The first kappa shape index (κ1) is 27.4. The number of aromatic nitrogens is 3. The quantitative estimate of drug-likeness (QED) is 0.196.